The molecule has 1 aromatic rings. The molecule has 0 spiro atoms. The molecule has 0 amide bonds. The highest BCUT2D eigenvalue weighted by Gasteiger charge is 2.34. The number of nitrogens with two attached hydrogens (primary N) is 1. The van der Waals surface area contributed by atoms with Gasteiger partial charge in [0.15, 0.2) is 0 Å². The number of nitrogens with zero attached hydrogens (tertiary/aromatic N) is 1. The Morgan fingerprint density at radius 2 is 2.14 bits per heavy atom. The van der Waals surface area contributed by atoms with Crippen molar-refractivity contribution in [2.75, 3.05) is 13.7 Å². The summed E-state index contributed by atoms with van der Waals surface area (Å²) in [6.45, 7) is 2.19. The van der Waals surface area contributed by atoms with E-state index in [-0.39, 0.29) is 5.84 Å². The number of hydrogen-bond donors (Lipinski definition) is 2. The molecule has 0 radical (unpaired) electrons. The summed E-state index contributed by atoms with van der Waals surface area (Å²) >= 11 is 0. The molecule has 2 fully saturated rings. The molecule has 1 aliphatic carbocycles. The van der Waals surface area contributed by atoms with E-state index in [2.05, 4.69) is 11.0 Å². The van der Waals surface area contributed by atoms with Gasteiger partial charge in [0.05, 0.1) is 12.7 Å². The van der Waals surface area contributed by atoms with Crippen LogP contribution in [0, 0.1) is 11.3 Å². The van der Waals surface area contributed by atoms with Gasteiger partial charge in [-0.05, 0) is 55.8 Å². The molecule has 4 nitrogen and oxygen atoms in total. The molecule has 1 saturated carbocycles. The van der Waals surface area contributed by atoms with Gasteiger partial charge < -0.3 is 10.5 Å². The van der Waals surface area contributed by atoms with Crippen molar-refractivity contribution in [2.45, 2.75) is 44.7 Å². The number of ether oxygens (including phenoxy) is 1. The third kappa shape index (κ3) is 2.91. The van der Waals surface area contributed by atoms with Gasteiger partial charge in [0, 0.05) is 12.6 Å². The number of nitrogen functional groups attached to an aromatic ring is 1. The fourth-order valence-corrected chi connectivity index (χ4v) is 4.04. The quantitative estimate of drug-likeness (QED) is 0.661. The molecule has 21 heavy (non-hydrogen) atoms. The maximum atomic E-state index is 7.59. The van der Waals surface area contributed by atoms with Crippen molar-refractivity contribution in [2.24, 2.45) is 11.7 Å². The Labute approximate surface area is 126 Å². The third-order valence-corrected chi connectivity index (χ3v) is 5.05. The minimum Gasteiger partial charge on any atom is -0.496 e. The molecule has 2 aliphatic rings. The highest BCUT2D eigenvalue weighted by molar-refractivity contribution is 5.97. The molecular formula is C17H25N3O. The molecule has 3 N–H and O–H groups in total. The van der Waals surface area contributed by atoms with Crippen LogP contribution in [0.3, 0.4) is 0 Å². The molecule has 1 aromatic carbocycles. The monoisotopic (exact) mass is 287 g/mol. The van der Waals surface area contributed by atoms with E-state index in [0.717, 1.165) is 18.5 Å². The van der Waals surface area contributed by atoms with Crippen LogP contribution in [0.4, 0.5) is 0 Å². The van der Waals surface area contributed by atoms with Gasteiger partial charge in [-0.15, -0.1) is 0 Å². The highest BCUT2D eigenvalue weighted by Crippen LogP contribution is 2.37. The number of hydrogen-bond acceptors (Lipinski definition) is 3. The van der Waals surface area contributed by atoms with E-state index in [1.54, 1.807) is 7.11 Å². The van der Waals surface area contributed by atoms with E-state index in [1.165, 1.54) is 44.2 Å². The van der Waals surface area contributed by atoms with Crippen LogP contribution >= 0.6 is 0 Å². The SMILES string of the molecule is COc1cc(CN2CCCC3CCCC32)ccc1C(=N)N. The zero-order valence-electron chi connectivity index (χ0n) is 12.8. The maximum Gasteiger partial charge on any atom is 0.130 e. The summed E-state index contributed by atoms with van der Waals surface area (Å²) in [7, 11) is 1.64. The normalized spacial score (nSPS) is 25.6. The summed E-state index contributed by atoms with van der Waals surface area (Å²) < 4.78 is 5.38. The van der Waals surface area contributed by atoms with E-state index >= 15 is 0 Å². The van der Waals surface area contributed by atoms with Crippen LogP contribution in [-0.4, -0.2) is 30.4 Å². The summed E-state index contributed by atoms with van der Waals surface area (Å²) in [5, 5.41) is 7.59. The second-order valence-electron chi connectivity index (χ2n) is 6.32. The van der Waals surface area contributed by atoms with E-state index in [0.29, 0.717) is 11.3 Å². The zero-order valence-corrected chi connectivity index (χ0v) is 12.8. The molecule has 1 heterocycles. The largest absolute Gasteiger partial charge is 0.496 e. The van der Waals surface area contributed by atoms with Gasteiger partial charge >= 0.3 is 0 Å². The summed E-state index contributed by atoms with van der Waals surface area (Å²) in [4.78, 5) is 2.64. The van der Waals surface area contributed by atoms with Crippen molar-refractivity contribution < 1.29 is 4.74 Å². The molecule has 1 saturated heterocycles. The van der Waals surface area contributed by atoms with Gasteiger partial charge in [0.2, 0.25) is 0 Å². The fourth-order valence-electron chi connectivity index (χ4n) is 4.04. The molecule has 3 rings (SSSR count). The van der Waals surface area contributed by atoms with Crippen molar-refractivity contribution >= 4 is 5.84 Å². The number of amidine groups is 1. The van der Waals surface area contributed by atoms with Gasteiger partial charge in [-0.3, -0.25) is 10.3 Å². The molecule has 1 aliphatic heterocycles. The van der Waals surface area contributed by atoms with Crippen LogP contribution in [0.15, 0.2) is 18.2 Å². The van der Waals surface area contributed by atoms with Crippen molar-refractivity contribution in [3.63, 3.8) is 0 Å². The molecule has 0 bridgehead atoms. The zero-order chi connectivity index (χ0) is 14.8. The molecular weight excluding hydrogens is 262 g/mol. The topological polar surface area (TPSA) is 62.3 Å². The number of rotatable bonds is 4. The molecule has 2 atom stereocenters. The predicted octanol–water partition coefficient (Wildman–Crippen LogP) is 2.74. The van der Waals surface area contributed by atoms with Crippen molar-refractivity contribution in [1.82, 2.24) is 4.90 Å². The lowest BCUT2D eigenvalue weighted by atomic mass is 9.91. The smallest absolute Gasteiger partial charge is 0.130 e. The lowest BCUT2D eigenvalue weighted by Gasteiger charge is -2.37. The van der Waals surface area contributed by atoms with Crippen LogP contribution in [0.5, 0.6) is 5.75 Å². The van der Waals surface area contributed by atoms with Gasteiger partial charge in [-0.2, -0.15) is 0 Å². The Balaban J connectivity index is 1.76. The first kappa shape index (κ1) is 14.4. The van der Waals surface area contributed by atoms with Gasteiger partial charge in [0.1, 0.15) is 11.6 Å². The highest BCUT2D eigenvalue weighted by atomic mass is 16.5. The van der Waals surface area contributed by atoms with Gasteiger partial charge in [-0.1, -0.05) is 12.5 Å². The van der Waals surface area contributed by atoms with E-state index < -0.39 is 0 Å². The average molecular weight is 287 g/mol. The van der Waals surface area contributed by atoms with Crippen LogP contribution in [0.2, 0.25) is 0 Å². The van der Waals surface area contributed by atoms with Crippen LogP contribution < -0.4 is 10.5 Å². The first-order valence-electron chi connectivity index (χ1n) is 7.94. The summed E-state index contributed by atoms with van der Waals surface area (Å²) in [5.74, 6) is 1.68. The second-order valence-corrected chi connectivity index (χ2v) is 6.32. The number of benzene rings is 1. The van der Waals surface area contributed by atoms with E-state index in [1.807, 2.05) is 12.1 Å². The number of likely N-dealkylation sites (tertiary alicyclic amines) is 1. The lowest BCUT2D eigenvalue weighted by Crippen LogP contribution is -2.41. The Hall–Kier alpha value is -1.55. The van der Waals surface area contributed by atoms with Crippen LogP contribution in [0.25, 0.3) is 0 Å². The Kier molecular flexibility index (Phi) is 4.15. The van der Waals surface area contributed by atoms with Gasteiger partial charge in [-0.25, -0.2) is 0 Å². The first-order chi connectivity index (χ1) is 10.2. The molecule has 114 valence electrons. The Morgan fingerprint density at radius 1 is 1.33 bits per heavy atom. The maximum absolute atomic E-state index is 7.59. The third-order valence-electron chi connectivity index (χ3n) is 5.05. The predicted molar refractivity (Wildman–Crippen MR) is 84.8 cm³/mol. The average Bonchev–Trinajstić information content (AvgIpc) is 2.96. The Morgan fingerprint density at radius 3 is 2.90 bits per heavy atom. The summed E-state index contributed by atoms with van der Waals surface area (Å²) in [6.07, 6.45) is 6.89. The minimum absolute atomic E-state index is 0.0622. The van der Waals surface area contributed by atoms with Crippen LogP contribution in [-0.2, 0) is 6.54 Å². The fraction of sp³-hybridized carbons (Fsp3) is 0.588. The van der Waals surface area contributed by atoms with E-state index in [9.17, 15) is 0 Å². The summed E-state index contributed by atoms with van der Waals surface area (Å²) in [6, 6.07) is 6.80. The molecule has 2 unspecified atom stereocenters. The number of nitrogens with one attached hydrogen (secondary N) is 1. The molecule has 4 heteroatoms. The van der Waals surface area contributed by atoms with Crippen molar-refractivity contribution in [3.8, 4) is 5.75 Å². The number of piperidine rings is 1. The van der Waals surface area contributed by atoms with Gasteiger partial charge in [0.25, 0.3) is 0 Å². The van der Waals surface area contributed by atoms with Crippen molar-refractivity contribution in [1.29, 1.82) is 5.41 Å². The summed E-state index contributed by atoms with van der Waals surface area (Å²) in [5.41, 5.74) is 7.52. The number of methoxy groups -OCH3 is 1. The van der Waals surface area contributed by atoms with Crippen molar-refractivity contribution in [3.05, 3.63) is 29.3 Å². The van der Waals surface area contributed by atoms with Crippen LogP contribution in [0.1, 0.15) is 43.2 Å². The number of fused-ring (bicyclic) bond motifs is 1. The minimum atomic E-state index is 0.0622. The first-order valence-corrected chi connectivity index (χ1v) is 7.94. The lowest BCUT2D eigenvalue weighted by molar-refractivity contribution is 0.106. The molecule has 0 aromatic heterocycles. The van der Waals surface area contributed by atoms with E-state index in [4.69, 9.17) is 15.9 Å². The Bertz CT molecular complexity index is 529. The standard InChI is InChI=1S/C17H25N3O/c1-21-16-10-12(7-8-14(16)17(18)19)11-20-9-3-5-13-4-2-6-15(13)20/h7-8,10,13,15H,2-6,9,11H2,1H3,(H3,18,19). The second kappa shape index (κ2) is 6.06.